The van der Waals surface area contributed by atoms with Crippen LogP contribution in [-0.2, 0) is 12.7 Å². The first-order valence-electron chi connectivity index (χ1n) is 9.76. The highest BCUT2D eigenvalue weighted by atomic mass is 19.4. The Labute approximate surface area is 182 Å². The molecule has 0 radical (unpaired) electrons. The van der Waals surface area contributed by atoms with Gasteiger partial charge in [-0.05, 0) is 42.8 Å². The van der Waals surface area contributed by atoms with Crippen molar-refractivity contribution in [3.8, 4) is 17.6 Å². The monoisotopic (exact) mass is 433 g/mol. The first-order valence-corrected chi connectivity index (χ1v) is 9.76. The molecule has 1 heterocycles. The minimum atomic E-state index is -4.41. The second-order valence-corrected chi connectivity index (χ2v) is 7.28. The topological polar surface area (TPSA) is 58.0 Å². The normalized spacial score (nSPS) is 11.1. The minimum Gasteiger partial charge on any atom is -0.506 e. The van der Waals surface area contributed by atoms with Crippen molar-refractivity contribution in [3.63, 3.8) is 0 Å². The van der Waals surface area contributed by atoms with Crippen molar-refractivity contribution in [2.75, 3.05) is 5.32 Å². The average molecular weight is 433 g/mol. The molecular formula is C25H18F3N3O. The number of anilines is 1. The molecule has 0 atom stereocenters. The summed E-state index contributed by atoms with van der Waals surface area (Å²) in [6.07, 6.45) is -1.09. The highest BCUT2D eigenvalue weighted by Gasteiger charge is 2.30. The second-order valence-electron chi connectivity index (χ2n) is 7.28. The number of nitrogens with one attached hydrogen (secondary N) is 1. The molecule has 4 aromatic rings. The summed E-state index contributed by atoms with van der Waals surface area (Å²) >= 11 is 0. The summed E-state index contributed by atoms with van der Waals surface area (Å²) in [5, 5.41) is 23.2. The van der Waals surface area contributed by atoms with E-state index in [0.29, 0.717) is 16.8 Å². The average Bonchev–Trinajstić information content (AvgIpc) is 2.78. The van der Waals surface area contributed by atoms with Gasteiger partial charge in [-0.3, -0.25) is 0 Å². The maximum Gasteiger partial charge on any atom is 0.416 e. The highest BCUT2D eigenvalue weighted by Crippen LogP contribution is 2.31. The molecule has 0 fully saturated rings. The maximum atomic E-state index is 12.9. The molecule has 0 aliphatic heterocycles. The summed E-state index contributed by atoms with van der Waals surface area (Å²) < 4.78 is 38.7. The van der Waals surface area contributed by atoms with E-state index >= 15 is 0 Å². The molecule has 0 spiro atoms. The maximum absolute atomic E-state index is 12.9. The van der Waals surface area contributed by atoms with Crippen LogP contribution in [-0.4, -0.2) is 15.3 Å². The Balaban J connectivity index is 1.57. The summed E-state index contributed by atoms with van der Waals surface area (Å²) in [6, 6.07) is 14.1. The van der Waals surface area contributed by atoms with Gasteiger partial charge in [-0.2, -0.15) is 23.4 Å². The molecule has 7 heteroatoms. The van der Waals surface area contributed by atoms with Crippen LogP contribution in [0.5, 0.6) is 5.75 Å². The third-order valence-corrected chi connectivity index (χ3v) is 5.02. The Kier molecular flexibility index (Phi) is 5.69. The van der Waals surface area contributed by atoms with Crippen LogP contribution in [0.3, 0.4) is 0 Å². The fourth-order valence-electron chi connectivity index (χ4n) is 3.25. The molecule has 0 amide bonds. The number of benzene rings is 3. The number of nitrogens with zero attached hydrogens (tertiary/aromatic N) is 2. The smallest absolute Gasteiger partial charge is 0.416 e. The number of halogens is 3. The van der Waals surface area contributed by atoms with Gasteiger partial charge >= 0.3 is 6.18 Å². The zero-order valence-electron chi connectivity index (χ0n) is 17.0. The molecule has 32 heavy (non-hydrogen) atoms. The standard InChI is InChI=1S/C25H18F3N3O/c1-16-5-8-19(13-29-22-4-2-3-21(12-22)25(26,27)28)24(32)23(16)10-7-17-6-9-18-14-30-31-15-20(18)11-17/h2-6,8-9,11-12,14-15,29,32H,13H2,1H3. The molecule has 2 N–H and O–H groups in total. The molecular weight excluding hydrogens is 415 g/mol. The fraction of sp³-hybridized carbons (Fsp3) is 0.120. The molecule has 3 aromatic carbocycles. The van der Waals surface area contributed by atoms with Crippen LogP contribution < -0.4 is 5.32 Å². The van der Waals surface area contributed by atoms with E-state index in [4.69, 9.17) is 0 Å². The van der Waals surface area contributed by atoms with Gasteiger partial charge in [0.15, 0.2) is 0 Å². The number of hydrogen-bond acceptors (Lipinski definition) is 4. The van der Waals surface area contributed by atoms with Crippen molar-refractivity contribution in [1.29, 1.82) is 0 Å². The van der Waals surface area contributed by atoms with E-state index in [9.17, 15) is 18.3 Å². The molecule has 0 bridgehead atoms. The predicted molar refractivity (Wildman–Crippen MR) is 117 cm³/mol. The molecule has 0 aliphatic carbocycles. The molecule has 4 rings (SSSR count). The Morgan fingerprint density at radius 1 is 0.938 bits per heavy atom. The van der Waals surface area contributed by atoms with E-state index in [1.54, 1.807) is 24.5 Å². The first kappa shape index (κ1) is 21.2. The Morgan fingerprint density at radius 2 is 1.72 bits per heavy atom. The fourth-order valence-corrected chi connectivity index (χ4v) is 3.25. The predicted octanol–water partition coefficient (Wildman–Crippen LogP) is 5.67. The Bertz CT molecular complexity index is 1350. The van der Waals surface area contributed by atoms with Gasteiger partial charge in [0, 0.05) is 34.1 Å². The van der Waals surface area contributed by atoms with Crippen LogP contribution in [0.4, 0.5) is 18.9 Å². The van der Waals surface area contributed by atoms with E-state index in [0.717, 1.165) is 34.0 Å². The van der Waals surface area contributed by atoms with Gasteiger partial charge in [0.25, 0.3) is 0 Å². The van der Waals surface area contributed by atoms with Crippen molar-refractivity contribution < 1.29 is 18.3 Å². The molecule has 4 nitrogen and oxygen atoms in total. The number of aromatic nitrogens is 2. The van der Waals surface area contributed by atoms with Gasteiger partial charge in [0.1, 0.15) is 5.75 Å². The van der Waals surface area contributed by atoms with Crippen LogP contribution >= 0.6 is 0 Å². The van der Waals surface area contributed by atoms with Crippen molar-refractivity contribution in [2.45, 2.75) is 19.6 Å². The van der Waals surface area contributed by atoms with E-state index < -0.39 is 11.7 Å². The number of phenolic OH excluding ortho intramolecular Hbond substituents is 1. The van der Waals surface area contributed by atoms with Crippen molar-refractivity contribution >= 4 is 16.5 Å². The number of hydrogen-bond donors (Lipinski definition) is 2. The molecule has 0 unspecified atom stereocenters. The number of alkyl halides is 3. The summed E-state index contributed by atoms with van der Waals surface area (Å²) in [7, 11) is 0. The molecule has 0 aliphatic rings. The van der Waals surface area contributed by atoms with E-state index in [1.807, 2.05) is 31.2 Å². The molecule has 0 saturated carbocycles. The van der Waals surface area contributed by atoms with E-state index in [2.05, 4.69) is 27.4 Å². The Morgan fingerprint density at radius 3 is 2.50 bits per heavy atom. The van der Waals surface area contributed by atoms with Crippen LogP contribution in [0.25, 0.3) is 10.8 Å². The van der Waals surface area contributed by atoms with Crippen LogP contribution in [0.15, 0.2) is 67.0 Å². The van der Waals surface area contributed by atoms with Crippen molar-refractivity contribution in [1.82, 2.24) is 10.2 Å². The summed E-state index contributed by atoms with van der Waals surface area (Å²) in [5.41, 5.74) is 2.14. The first-order chi connectivity index (χ1) is 15.3. The zero-order valence-corrected chi connectivity index (χ0v) is 17.0. The number of aromatic hydroxyl groups is 1. The van der Waals surface area contributed by atoms with Crippen LogP contribution in [0, 0.1) is 18.8 Å². The van der Waals surface area contributed by atoms with Gasteiger partial charge in [0.05, 0.1) is 23.5 Å². The van der Waals surface area contributed by atoms with Crippen molar-refractivity contribution in [2.24, 2.45) is 0 Å². The number of phenols is 1. The van der Waals surface area contributed by atoms with Crippen LogP contribution in [0.2, 0.25) is 0 Å². The third-order valence-electron chi connectivity index (χ3n) is 5.02. The van der Waals surface area contributed by atoms with Gasteiger partial charge in [-0.15, -0.1) is 0 Å². The number of fused-ring (bicyclic) bond motifs is 1. The van der Waals surface area contributed by atoms with Gasteiger partial charge in [0.2, 0.25) is 0 Å². The number of aryl methyl sites for hydroxylation is 1. The summed E-state index contributed by atoms with van der Waals surface area (Å²) in [4.78, 5) is 0. The van der Waals surface area contributed by atoms with Crippen LogP contribution in [0.1, 0.15) is 27.8 Å². The summed E-state index contributed by atoms with van der Waals surface area (Å²) in [5.74, 6) is 6.08. The quantitative estimate of drug-likeness (QED) is 0.409. The minimum absolute atomic E-state index is 0.00336. The Hall–Kier alpha value is -4.05. The number of rotatable bonds is 3. The van der Waals surface area contributed by atoms with Gasteiger partial charge in [-0.1, -0.05) is 36.1 Å². The lowest BCUT2D eigenvalue weighted by atomic mass is 10.0. The van der Waals surface area contributed by atoms with E-state index in [-0.39, 0.29) is 12.3 Å². The van der Waals surface area contributed by atoms with Gasteiger partial charge in [-0.25, -0.2) is 0 Å². The lowest BCUT2D eigenvalue weighted by Crippen LogP contribution is -2.06. The third kappa shape index (κ3) is 4.65. The molecule has 0 saturated heterocycles. The lowest BCUT2D eigenvalue weighted by molar-refractivity contribution is -0.137. The molecule has 1 aromatic heterocycles. The zero-order chi connectivity index (χ0) is 22.7. The van der Waals surface area contributed by atoms with Crippen molar-refractivity contribution in [3.05, 3.63) is 94.8 Å². The lowest BCUT2D eigenvalue weighted by Gasteiger charge is -2.13. The second kappa shape index (κ2) is 8.60. The SMILES string of the molecule is Cc1ccc(CNc2cccc(C(F)(F)F)c2)c(O)c1C#Cc1ccc2cnncc2c1. The highest BCUT2D eigenvalue weighted by molar-refractivity contribution is 5.82. The molecule has 160 valence electrons. The van der Waals surface area contributed by atoms with E-state index in [1.165, 1.54) is 6.07 Å². The largest absolute Gasteiger partial charge is 0.506 e. The van der Waals surface area contributed by atoms with Gasteiger partial charge < -0.3 is 10.4 Å². The summed E-state index contributed by atoms with van der Waals surface area (Å²) in [6.45, 7) is 1.99.